The maximum absolute atomic E-state index is 12.9. The molecule has 0 saturated carbocycles. The number of carbonyl (C=O) groups excluding carboxylic acids is 3. The first-order valence-corrected chi connectivity index (χ1v) is 10.1. The largest absolute Gasteiger partial charge is 0.383 e. The molecule has 0 bridgehead atoms. The maximum atomic E-state index is 12.9. The normalized spacial score (nSPS) is 18.6. The van der Waals surface area contributed by atoms with Crippen molar-refractivity contribution in [1.82, 2.24) is 0 Å². The molecule has 2 aromatic rings. The zero-order valence-electron chi connectivity index (χ0n) is 17.4. The van der Waals surface area contributed by atoms with Crippen LogP contribution in [0.5, 0.6) is 0 Å². The summed E-state index contributed by atoms with van der Waals surface area (Å²) in [7, 11) is 0. The van der Waals surface area contributed by atoms with Gasteiger partial charge in [0.15, 0.2) is 12.2 Å². The van der Waals surface area contributed by atoms with Gasteiger partial charge < -0.3 is 31.1 Å². The SMILES string of the molecule is CC(=O)Nc1ccc(N2CCOC(C(O)C(=O)Nc3ccc4c(c3)CN=C4N)C2=O)cc1. The monoisotopic (exact) mass is 437 g/mol. The van der Waals surface area contributed by atoms with Crippen LogP contribution in [0.15, 0.2) is 47.5 Å². The lowest BCUT2D eigenvalue weighted by Crippen LogP contribution is -2.55. The number of nitrogens with one attached hydrogen (secondary N) is 2. The van der Waals surface area contributed by atoms with Crippen LogP contribution in [0.4, 0.5) is 17.1 Å². The van der Waals surface area contributed by atoms with Gasteiger partial charge in [-0.3, -0.25) is 19.4 Å². The summed E-state index contributed by atoms with van der Waals surface area (Å²) in [6, 6.07) is 11.8. The molecule has 10 nitrogen and oxygen atoms in total. The van der Waals surface area contributed by atoms with E-state index < -0.39 is 24.0 Å². The highest BCUT2D eigenvalue weighted by Gasteiger charge is 2.39. The molecule has 0 aliphatic carbocycles. The van der Waals surface area contributed by atoms with E-state index >= 15 is 0 Å². The van der Waals surface area contributed by atoms with Crippen LogP contribution in [0.2, 0.25) is 0 Å². The summed E-state index contributed by atoms with van der Waals surface area (Å²) in [5, 5.41) is 15.8. The Morgan fingerprint density at radius 2 is 1.91 bits per heavy atom. The Bertz CT molecular complexity index is 1100. The van der Waals surface area contributed by atoms with Gasteiger partial charge in [0, 0.05) is 36.1 Å². The lowest BCUT2D eigenvalue weighted by molar-refractivity contribution is -0.150. The standard InChI is InChI=1S/C22H23N5O5/c1-12(28)25-14-2-5-16(6-3-14)27-8-9-32-19(22(27)31)18(29)21(30)26-15-4-7-17-13(10-15)11-24-20(17)23/h2-7,10,18-19,29H,8-9,11H2,1H3,(H2,23,24)(H,25,28)(H,26,30). The van der Waals surface area contributed by atoms with Crippen molar-refractivity contribution in [1.29, 1.82) is 0 Å². The highest BCUT2D eigenvalue weighted by Crippen LogP contribution is 2.24. The lowest BCUT2D eigenvalue weighted by Gasteiger charge is -2.34. The number of anilines is 3. The average Bonchev–Trinajstić information content (AvgIpc) is 3.14. The molecule has 2 aliphatic rings. The van der Waals surface area contributed by atoms with Gasteiger partial charge in [0.2, 0.25) is 5.91 Å². The topological polar surface area (TPSA) is 146 Å². The zero-order chi connectivity index (χ0) is 22.8. The van der Waals surface area contributed by atoms with Gasteiger partial charge in [0.1, 0.15) is 5.84 Å². The predicted molar refractivity (Wildman–Crippen MR) is 118 cm³/mol. The van der Waals surface area contributed by atoms with Crippen molar-refractivity contribution in [3.63, 3.8) is 0 Å². The fraction of sp³-hybridized carbons (Fsp3) is 0.273. The van der Waals surface area contributed by atoms with Gasteiger partial charge in [0.25, 0.3) is 11.8 Å². The average molecular weight is 437 g/mol. The summed E-state index contributed by atoms with van der Waals surface area (Å²) in [5.41, 5.74) is 9.11. The highest BCUT2D eigenvalue weighted by atomic mass is 16.5. The van der Waals surface area contributed by atoms with E-state index in [-0.39, 0.29) is 19.1 Å². The molecular weight excluding hydrogens is 414 g/mol. The number of benzene rings is 2. The number of morpholine rings is 1. The molecule has 1 fully saturated rings. The molecular formula is C22H23N5O5. The number of carbonyl (C=O) groups is 3. The first-order valence-electron chi connectivity index (χ1n) is 10.1. The smallest absolute Gasteiger partial charge is 0.259 e. The minimum Gasteiger partial charge on any atom is -0.383 e. The van der Waals surface area contributed by atoms with Crippen LogP contribution in [0.3, 0.4) is 0 Å². The van der Waals surface area contributed by atoms with E-state index in [2.05, 4.69) is 15.6 Å². The van der Waals surface area contributed by atoms with Gasteiger partial charge in [-0.2, -0.15) is 0 Å². The third kappa shape index (κ3) is 4.32. The first kappa shape index (κ1) is 21.5. The molecule has 10 heteroatoms. The van der Waals surface area contributed by atoms with Gasteiger partial charge in [-0.25, -0.2) is 0 Å². The third-order valence-corrected chi connectivity index (χ3v) is 5.24. The fourth-order valence-corrected chi connectivity index (χ4v) is 3.68. The number of nitrogens with zero attached hydrogens (tertiary/aromatic N) is 2. The molecule has 2 aromatic carbocycles. The number of aliphatic hydroxyl groups is 1. The van der Waals surface area contributed by atoms with Crippen LogP contribution in [0.1, 0.15) is 18.1 Å². The van der Waals surface area contributed by atoms with Crippen molar-refractivity contribution >= 4 is 40.6 Å². The summed E-state index contributed by atoms with van der Waals surface area (Å²) >= 11 is 0. The molecule has 4 rings (SSSR count). The molecule has 0 spiro atoms. The molecule has 1 saturated heterocycles. The second-order valence-electron chi connectivity index (χ2n) is 7.52. The Labute approximate surface area is 184 Å². The molecule has 2 atom stereocenters. The molecule has 166 valence electrons. The molecule has 0 aromatic heterocycles. The van der Waals surface area contributed by atoms with E-state index in [1.54, 1.807) is 42.5 Å². The van der Waals surface area contributed by atoms with Gasteiger partial charge in [-0.05, 0) is 48.0 Å². The predicted octanol–water partition coefficient (Wildman–Crippen LogP) is 0.595. The molecule has 2 aliphatic heterocycles. The Hall–Kier alpha value is -3.76. The molecule has 32 heavy (non-hydrogen) atoms. The van der Waals surface area contributed by atoms with Crippen molar-refractivity contribution in [2.75, 3.05) is 28.7 Å². The van der Waals surface area contributed by atoms with E-state index in [1.165, 1.54) is 11.8 Å². The number of rotatable bonds is 5. The fourth-order valence-electron chi connectivity index (χ4n) is 3.68. The van der Waals surface area contributed by atoms with Crippen molar-refractivity contribution in [3.8, 4) is 0 Å². The summed E-state index contributed by atoms with van der Waals surface area (Å²) < 4.78 is 5.43. The van der Waals surface area contributed by atoms with Crippen LogP contribution in [0.25, 0.3) is 0 Å². The number of fused-ring (bicyclic) bond motifs is 1. The number of amidine groups is 1. The first-order chi connectivity index (χ1) is 15.3. The van der Waals surface area contributed by atoms with Crippen LogP contribution in [-0.2, 0) is 25.7 Å². The van der Waals surface area contributed by atoms with Gasteiger partial charge >= 0.3 is 0 Å². The van der Waals surface area contributed by atoms with Gasteiger partial charge in [-0.1, -0.05) is 0 Å². The zero-order valence-corrected chi connectivity index (χ0v) is 17.4. The Morgan fingerprint density at radius 1 is 1.19 bits per heavy atom. The van der Waals surface area contributed by atoms with Crippen molar-refractivity contribution < 1.29 is 24.2 Å². The van der Waals surface area contributed by atoms with E-state index in [0.29, 0.717) is 29.4 Å². The third-order valence-electron chi connectivity index (χ3n) is 5.24. The summed E-state index contributed by atoms with van der Waals surface area (Å²) in [5.74, 6) is -1.03. The second kappa shape index (κ2) is 8.77. The summed E-state index contributed by atoms with van der Waals surface area (Å²) in [4.78, 5) is 42.3. The molecule has 3 amide bonds. The van der Waals surface area contributed by atoms with E-state index in [4.69, 9.17) is 10.5 Å². The molecule has 2 heterocycles. The van der Waals surface area contributed by atoms with Crippen LogP contribution < -0.4 is 21.3 Å². The van der Waals surface area contributed by atoms with Crippen molar-refractivity contribution in [2.45, 2.75) is 25.7 Å². The van der Waals surface area contributed by atoms with Crippen LogP contribution >= 0.6 is 0 Å². The number of hydrogen-bond donors (Lipinski definition) is 4. The van der Waals surface area contributed by atoms with E-state index in [1.807, 2.05) is 0 Å². The Kier molecular flexibility index (Phi) is 5.89. The minimum absolute atomic E-state index is 0.156. The van der Waals surface area contributed by atoms with Crippen LogP contribution in [-0.4, -0.2) is 54.0 Å². The Balaban J connectivity index is 1.43. The number of hydrogen-bond acceptors (Lipinski definition) is 7. The second-order valence-corrected chi connectivity index (χ2v) is 7.52. The van der Waals surface area contributed by atoms with Gasteiger partial charge in [-0.15, -0.1) is 0 Å². The summed E-state index contributed by atoms with van der Waals surface area (Å²) in [6.45, 7) is 2.26. The number of nitrogens with two attached hydrogens (primary N) is 1. The molecule has 0 radical (unpaired) electrons. The minimum atomic E-state index is -1.70. The highest BCUT2D eigenvalue weighted by molar-refractivity contribution is 6.05. The number of ether oxygens (including phenoxy) is 1. The van der Waals surface area contributed by atoms with Gasteiger partial charge in [0.05, 0.1) is 13.2 Å². The number of amides is 3. The molecule has 2 unspecified atom stereocenters. The maximum Gasteiger partial charge on any atom is 0.259 e. The number of aliphatic imine (C=N–C) groups is 1. The molecule has 5 N–H and O–H groups in total. The lowest BCUT2D eigenvalue weighted by atomic mass is 10.1. The van der Waals surface area contributed by atoms with Crippen molar-refractivity contribution in [2.24, 2.45) is 10.7 Å². The van der Waals surface area contributed by atoms with Crippen LogP contribution in [0, 0.1) is 0 Å². The van der Waals surface area contributed by atoms with E-state index in [9.17, 15) is 19.5 Å². The van der Waals surface area contributed by atoms with Crippen molar-refractivity contribution in [3.05, 3.63) is 53.6 Å². The number of aliphatic hydroxyl groups excluding tert-OH is 1. The Morgan fingerprint density at radius 3 is 2.62 bits per heavy atom. The quantitative estimate of drug-likeness (QED) is 0.539. The van der Waals surface area contributed by atoms with E-state index in [0.717, 1.165) is 11.1 Å². The summed E-state index contributed by atoms with van der Waals surface area (Å²) in [6.07, 6.45) is -3.04.